The molecule has 2 aromatic rings. The van der Waals surface area contributed by atoms with E-state index in [1.807, 2.05) is 7.05 Å². The van der Waals surface area contributed by atoms with Crippen molar-refractivity contribution in [2.75, 3.05) is 13.6 Å². The molecule has 2 N–H and O–H groups in total. The van der Waals surface area contributed by atoms with Crippen LogP contribution >= 0.6 is 22.9 Å². The summed E-state index contributed by atoms with van der Waals surface area (Å²) in [6, 6.07) is 6.89. The van der Waals surface area contributed by atoms with Crippen molar-refractivity contribution in [1.82, 2.24) is 4.90 Å². The normalized spacial score (nSPS) is 12.9. The minimum atomic E-state index is -0.401. The van der Waals surface area contributed by atoms with E-state index in [9.17, 15) is 4.39 Å². The molecule has 0 fully saturated rings. The van der Waals surface area contributed by atoms with Crippen molar-refractivity contribution < 1.29 is 4.39 Å². The van der Waals surface area contributed by atoms with E-state index in [0.29, 0.717) is 6.54 Å². The maximum atomic E-state index is 13.2. The van der Waals surface area contributed by atoms with E-state index in [1.165, 1.54) is 11.6 Å². The highest BCUT2D eigenvalue weighted by molar-refractivity contribution is 7.07. The molecule has 0 aliphatic heterocycles. The van der Waals surface area contributed by atoms with Crippen LogP contribution in [0.15, 0.2) is 35.0 Å². The Morgan fingerprint density at radius 1 is 1.42 bits per heavy atom. The fourth-order valence-corrected chi connectivity index (χ4v) is 2.92. The molecule has 5 heteroatoms. The van der Waals surface area contributed by atoms with Crippen molar-refractivity contribution in [2.45, 2.75) is 12.6 Å². The molecule has 0 aliphatic rings. The van der Waals surface area contributed by atoms with Gasteiger partial charge in [-0.05, 0) is 47.1 Å². The molecule has 0 bridgehead atoms. The third-order valence-corrected chi connectivity index (χ3v) is 4.12. The lowest BCUT2D eigenvalue weighted by molar-refractivity contribution is 0.242. The summed E-state index contributed by atoms with van der Waals surface area (Å²) in [4.78, 5) is 2.14. The van der Waals surface area contributed by atoms with Gasteiger partial charge >= 0.3 is 0 Å². The highest BCUT2D eigenvalue weighted by atomic mass is 35.5. The van der Waals surface area contributed by atoms with Gasteiger partial charge in [-0.25, -0.2) is 4.39 Å². The summed E-state index contributed by atoms with van der Waals surface area (Å²) in [6.45, 7) is 1.27. The van der Waals surface area contributed by atoms with E-state index in [0.717, 1.165) is 12.1 Å². The van der Waals surface area contributed by atoms with Gasteiger partial charge in [-0.3, -0.25) is 4.90 Å². The van der Waals surface area contributed by atoms with Crippen LogP contribution in [0.25, 0.3) is 0 Å². The van der Waals surface area contributed by atoms with Gasteiger partial charge in [-0.1, -0.05) is 17.7 Å². The first-order chi connectivity index (χ1) is 9.11. The summed E-state index contributed by atoms with van der Waals surface area (Å²) in [7, 11) is 2.01. The van der Waals surface area contributed by atoms with E-state index in [2.05, 4.69) is 21.7 Å². The summed E-state index contributed by atoms with van der Waals surface area (Å²) in [5, 5.41) is 4.30. The largest absolute Gasteiger partial charge is 0.329 e. The Morgan fingerprint density at radius 3 is 2.79 bits per heavy atom. The Kier molecular flexibility index (Phi) is 4.93. The molecule has 0 aliphatic carbocycles. The minimum absolute atomic E-state index is 0.0259. The molecule has 0 radical (unpaired) electrons. The Labute approximate surface area is 121 Å². The van der Waals surface area contributed by atoms with Crippen LogP contribution in [-0.2, 0) is 6.54 Å². The number of thiophene rings is 1. The first-order valence-electron chi connectivity index (χ1n) is 5.98. The van der Waals surface area contributed by atoms with Crippen molar-refractivity contribution in [3.63, 3.8) is 0 Å². The molecule has 0 spiro atoms. The molecule has 19 heavy (non-hydrogen) atoms. The number of rotatable bonds is 5. The van der Waals surface area contributed by atoms with Gasteiger partial charge in [0.2, 0.25) is 0 Å². The van der Waals surface area contributed by atoms with Crippen LogP contribution in [0.3, 0.4) is 0 Å². The van der Waals surface area contributed by atoms with E-state index >= 15 is 0 Å². The topological polar surface area (TPSA) is 29.3 Å². The second kappa shape index (κ2) is 6.48. The summed E-state index contributed by atoms with van der Waals surface area (Å²) < 4.78 is 13.2. The quantitative estimate of drug-likeness (QED) is 0.912. The average Bonchev–Trinajstić information content (AvgIpc) is 2.87. The first-order valence-corrected chi connectivity index (χ1v) is 7.30. The van der Waals surface area contributed by atoms with Crippen molar-refractivity contribution in [1.29, 1.82) is 0 Å². The predicted molar refractivity (Wildman–Crippen MR) is 79.0 cm³/mol. The Morgan fingerprint density at radius 2 is 2.21 bits per heavy atom. The maximum Gasteiger partial charge on any atom is 0.141 e. The number of nitrogens with zero attached hydrogens (tertiary/aromatic N) is 1. The van der Waals surface area contributed by atoms with Gasteiger partial charge in [-0.2, -0.15) is 11.3 Å². The summed E-state index contributed by atoms with van der Waals surface area (Å²) in [5.74, 6) is -0.401. The molecule has 2 nitrogen and oxygen atoms in total. The van der Waals surface area contributed by atoms with Crippen molar-refractivity contribution in [3.8, 4) is 0 Å². The molecule has 2 rings (SSSR count). The van der Waals surface area contributed by atoms with Crippen LogP contribution in [0.4, 0.5) is 4.39 Å². The molecule has 1 atom stereocenters. The molecule has 1 heterocycles. The van der Waals surface area contributed by atoms with Gasteiger partial charge in [0.05, 0.1) is 5.02 Å². The van der Waals surface area contributed by atoms with Gasteiger partial charge < -0.3 is 5.73 Å². The highest BCUT2D eigenvalue weighted by Gasteiger charge is 2.17. The van der Waals surface area contributed by atoms with E-state index < -0.39 is 5.82 Å². The van der Waals surface area contributed by atoms with Crippen molar-refractivity contribution in [2.24, 2.45) is 5.73 Å². The minimum Gasteiger partial charge on any atom is -0.329 e. The fraction of sp³-hybridized carbons (Fsp3) is 0.286. The summed E-state index contributed by atoms with van der Waals surface area (Å²) in [5.41, 5.74) is 8.03. The van der Waals surface area contributed by atoms with Crippen LogP contribution in [0.1, 0.15) is 17.2 Å². The van der Waals surface area contributed by atoms with E-state index in [4.69, 9.17) is 17.3 Å². The molecule has 102 valence electrons. The van der Waals surface area contributed by atoms with Crippen LogP contribution in [-0.4, -0.2) is 18.5 Å². The standard InChI is InChI=1S/C14H16ClFN2S/c1-18(8-10-4-5-19-9-10)14(7-17)11-2-3-13(16)12(15)6-11/h2-6,9,14H,7-8,17H2,1H3. The molecule has 1 unspecified atom stereocenters. The van der Waals surface area contributed by atoms with Crippen molar-refractivity contribution in [3.05, 3.63) is 57.0 Å². The smallest absolute Gasteiger partial charge is 0.141 e. The Hall–Kier alpha value is -0.940. The predicted octanol–water partition coefficient (Wildman–Crippen LogP) is 3.67. The number of nitrogens with two attached hydrogens (primary N) is 1. The molecular formula is C14H16ClFN2S. The van der Waals surface area contributed by atoms with E-state index in [-0.39, 0.29) is 11.1 Å². The lowest BCUT2D eigenvalue weighted by Gasteiger charge is -2.27. The fourth-order valence-electron chi connectivity index (χ4n) is 2.07. The SMILES string of the molecule is CN(Cc1ccsc1)C(CN)c1ccc(F)c(Cl)c1. The van der Waals surface area contributed by atoms with Crippen molar-refractivity contribution >= 4 is 22.9 Å². The van der Waals surface area contributed by atoms with Gasteiger partial charge in [0, 0.05) is 19.1 Å². The van der Waals surface area contributed by atoms with E-state index in [1.54, 1.807) is 23.5 Å². The number of hydrogen-bond donors (Lipinski definition) is 1. The lowest BCUT2D eigenvalue weighted by Crippen LogP contribution is -2.30. The zero-order chi connectivity index (χ0) is 13.8. The maximum absolute atomic E-state index is 13.2. The third kappa shape index (κ3) is 3.54. The third-order valence-electron chi connectivity index (χ3n) is 3.10. The second-order valence-electron chi connectivity index (χ2n) is 4.47. The zero-order valence-electron chi connectivity index (χ0n) is 10.6. The lowest BCUT2D eigenvalue weighted by atomic mass is 10.1. The number of halogens is 2. The molecule has 1 aromatic heterocycles. The summed E-state index contributed by atoms with van der Waals surface area (Å²) >= 11 is 7.50. The Bertz CT molecular complexity index is 530. The number of hydrogen-bond acceptors (Lipinski definition) is 3. The highest BCUT2D eigenvalue weighted by Crippen LogP contribution is 2.25. The average molecular weight is 299 g/mol. The second-order valence-corrected chi connectivity index (χ2v) is 5.66. The molecular weight excluding hydrogens is 283 g/mol. The number of likely N-dealkylation sites (N-methyl/N-ethyl adjacent to an activating group) is 1. The zero-order valence-corrected chi connectivity index (χ0v) is 12.2. The van der Waals surface area contributed by atoms with Crippen LogP contribution < -0.4 is 5.73 Å². The van der Waals surface area contributed by atoms with Crippen LogP contribution in [0.2, 0.25) is 5.02 Å². The van der Waals surface area contributed by atoms with Gasteiger partial charge in [-0.15, -0.1) is 0 Å². The van der Waals surface area contributed by atoms with Gasteiger partial charge in [0.25, 0.3) is 0 Å². The van der Waals surface area contributed by atoms with Gasteiger partial charge in [0.1, 0.15) is 5.82 Å². The first kappa shape index (κ1) is 14.5. The van der Waals surface area contributed by atoms with Gasteiger partial charge in [0.15, 0.2) is 0 Å². The molecule has 0 amide bonds. The number of benzene rings is 1. The molecule has 0 saturated carbocycles. The van der Waals surface area contributed by atoms with Crippen LogP contribution in [0.5, 0.6) is 0 Å². The molecule has 1 aromatic carbocycles. The monoisotopic (exact) mass is 298 g/mol. The molecule has 0 saturated heterocycles. The Balaban J connectivity index is 2.16. The summed E-state index contributed by atoms with van der Waals surface area (Å²) in [6.07, 6.45) is 0. The van der Waals surface area contributed by atoms with Crippen LogP contribution in [0, 0.1) is 5.82 Å².